The molecule has 4 rings (SSSR count). The van der Waals surface area contributed by atoms with Gasteiger partial charge in [0.15, 0.2) is 0 Å². The highest BCUT2D eigenvalue weighted by molar-refractivity contribution is 7.19. The molecule has 0 bridgehead atoms. The molecule has 0 N–H and O–H groups in total. The Bertz CT molecular complexity index is 721. The van der Waals surface area contributed by atoms with Crippen molar-refractivity contribution in [3.05, 3.63) is 29.1 Å². The number of ether oxygens (including phenoxy) is 2. The first-order valence-corrected chi connectivity index (χ1v) is 11.9. The average Bonchev–Trinajstić information content (AvgIpc) is 3.13. The smallest absolute Gasteiger partial charge is 0.120 e. The number of benzene rings is 1. The molecule has 0 radical (unpaired) electrons. The molecule has 1 aliphatic heterocycles. The number of fused-ring (bicyclic) bond motifs is 1. The van der Waals surface area contributed by atoms with E-state index in [9.17, 15) is 0 Å². The van der Waals surface area contributed by atoms with Gasteiger partial charge in [0.05, 0.1) is 19.3 Å². The molecule has 1 saturated carbocycles. The molecule has 2 atom stereocenters. The Morgan fingerprint density at radius 3 is 2.52 bits per heavy atom. The van der Waals surface area contributed by atoms with E-state index in [1.807, 2.05) is 18.3 Å². The topological polar surface area (TPSA) is 18.5 Å². The first-order chi connectivity index (χ1) is 13.3. The molecule has 2 fully saturated rings. The largest absolute Gasteiger partial charge is 0.494 e. The zero-order valence-corrected chi connectivity index (χ0v) is 17.7. The maximum atomic E-state index is 6.39. The second-order valence-electron chi connectivity index (χ2n) is 8.51. The molecule has 3 heteroatoms. The van der Waals surface area contributed by atoms with E-state index in [-0.39, 0.29) is 0 Å². The minimum Gasteiger partial charge on any atom is -0.494 e. The lowest BCUT2D eigenvalue weighted by molar-refractivity contribution is -0.0388. The monoisotopic (exact) mass is 386 g/mol. The summed E-state index contributed by atoms with van der Waals surface area (Å²) in [6, 6.07) is 8.76. The van der Waals surface area contributed by atoms with Gasteiger partial charge in [0.25, 0.3) is 0 Å². The van der Waals surface area contributed by atoms with Crippen LogP contribution in [0.25, 0.3) is 10.1 Å². The van der Waals surface area contributed by atoms with Crippen LogP contribution in [0.5, 0.6) is 5.75 Å². The lowest BCUT2D eigenvalue weighted by Crippen LogP contribution is -2.29. The Balaban J connectivity index is 1.33. The minimum absolute atomic E-state index is 0.297. The normalized spacial score (nSPS) is 29.1. The summed E-state index contributed by atoms with van der Waals surface area (Å²) in [5.74, 6) is 3.68. The van der Waals surface area contributed by atoms with Gasteiger partial charge in [0.2, 0.25) is 0 Å². The molecule has 1 aromatic carbocycles. The standard InChI is InChI=1S/C24H34O2S/c1-3-5-17-6-8-18(9-7-17)20-11-13-22(26-16-20)24-14-19-10-12-21(25-4-2)15-23(19)27-24/h10,12,14-15,17-18,20,22H,3-9,11,13,16H2,1-2H3. The molecule has 2 unspecified atom stereocenters. The Hall–Kier alpha value is -1.06. The Labute approximate surface area is 168 Å². The summed E-state index contributed by atoms with van der Waals surface area (Å²) in [6.45, 7) is 6.04. The molecule has 0 spiro atoms. The van der Waals surface area contributed by atoms with Gasteiger partial charge in [-0.15, -0.1) is 11.3 Å². The number of hydrogen-bond donors (Lipinski definition) is 0. The summed E-state index contributed by atoms with van der Waals surface area (Å²) in [6.07, 6.45) is 11.4. The SMILES string of the molecule is CCCC1CCC(C2CCC(c3cc4ccc(OCC)cc4s3)OC2)CC1. The highest BCUT2D eigenvalue weighted by Gasteiger charge is 2.32. The summed E-state index contributed by atoms with van der Waals surface area (Å²) >= 11 is 1.88. The average molecular weight is 387 g/mol. The second kappa shape index (κ2) is 8.96. The van der Waals surface area contributed by atoms with Gasteiger partial charge in [-0.25, -0.2) is 0 Å². The lowest BCUT2D eigenvalue weighted by atomic mass is 9.73. The molecular formula is C24H34O2S. The van der Waals surface area contributed by atoms with Crippen molar-refractivity contribution in [3.8, 4) is 5.75 Å². The van der Waals surface area contributed by atoms with E-state index in [0.29, 0.717) is 6.10 Å². The number of rotatable bonds is 6. The third-order valence-corrected chi connectivity index (χ3v) is 7.89. The van der Waals surface area contributed by atoms with Crippen molar-refractivity contribution in [2.75, 3.05) is 13.2 Å². The van der Waals surface area contributed by atoms with Crippen LogP contribution >= 0.6 is 11.3 Å². The van der Waals surface area contributed by atoms with E-state index in [1.54, 1.807) is 0 Å². The fourth-order valence-electron chi connectivity index (χ4n) is 5.17. The van der Waals surface area contributed by atoms with Gasteiger partial charge >= 0.3 is 0 Å². The van der Waals surface area contributed by atoms with Crippen molar-refractivity contribution < 1.29 is 9.47 Å². The van der Waals surface area contributed by atoms with Crippen molar-refractivity contribution in [2.24, 2.45) is 17.8 Å². The fourth-order valence-corrected chi connectivity index (χ4v) is 6.35. The van der Waals surface area contributed by atoms with Crippen molar-refractivity contribution in [1.29, 1.82) is 0 Å². The molecular weight excluding hydrogens is 352 g/mol. The number of hydrogen-bond acceptors (Lipinski definition) is 3. The van der Waals surface area contributed by atoms with Crippen molar-refractivity contribution in [3.63, 3.8) is 0 Å². The summed E-state index contributed by atoms with van der Waals surface area (Å²) in [7, 11) is 0. The van der Waals surface area contributed by atoms with Crippen LogP contribution in [0.3, 0.4) is 0 Å². The highest BCUT2D eigenvalue weighted by atomic mass is 32.1. The molecule has 2 nitrogen and oxygen atoms in total. The Morgan fingerprint density at radius 2 is 1.81 bits per heavy atom. The van der Waals surface area contributed by atoms with Crippen LogP contribution < -0.4 is 4.74 Å². The lowest BCUT2D eigenvalue weighted by Gasteiger charge is -2.37. The first-order valence-electron chi connectivity index (χ1n) is 11.0. The van der Waals surface area contributed by atoms with Crippen molar-refractivity contribution in [2.45, 2.75) is 71.3 Å². The van der Waals surface area contributed by atoms with E-state index in [1.165, 1.54) is 66.3 Å². The van der Waals surface area contributed by atoms with Crippen LogP contribution in [0, 0.1) is 17.8 Å². The van der Waals surface area contributed by atoms with Gasteiger partial charge in [0, 0.05) is 9.58 Å². The van der Waals surface area contributed by atoms with Crippen molar-refractivity contribution >= 4 is 21.4 Å². The van der Waals surface area contributed by atoms with Crippen LogP contribution in [-0.4, -0.2) is 13.2 Å². The third kappa shape index (κ3) is 4.51. The van der Waals surface area contributed by atoms with E-state index < -0.39 is 0 Å². The molecule has 148 valence electrons. The summed E-state index contributed by atoms with van der Waals surface area (Å²) in [5, 5.41) is 1.32. The van der Waals surface area contributed by atoms with Crippen LogP contribution in [0.2, 0.25) is 0 Å². The molecule has 1 aromatic heterocycles. The zero-order chi connectivity index (χ0) is 18.6. The van der Waals surface area contributed by atoms with Crippen LogP contribution in [0.15, 0.2) is 24.3 Å². The Kier molecular flexibility index (Phi) is 6.39. The molecule has 1 aliphatic carbocycles. The molecule has 0 amide bonds. The van der Waals surface area contributed by atoms with E-state index >= 15 is 0 Å². The second-order valence-corrected chi connectivity index (χ2v) is 9.63. The zero-order valence-electron chi connectivity index (χ0n) is 16.9. The van der Waals surface area contributed by atoms with E-state index in [4.69, 9.17) is 9.47 Å². The summed E-state index contributed by atoms with van der Waals surface area (Å²) < 4.78 is 13.4. The quantitative estimate of drug-likeness (QED) is 0.516. The predicted molar refractivity (Wildman–Crippen MR) is 115 cm³/mol. The van der Waals surface area contributed by atoms with Gasteiger partial charge in [-0.1, -0.05) is 32.6 Å². The van der Waals surface area contributed by atoms with E-state index in [0.717, 1.165) is 36.7 Å². The third-order valence-electron chi connectivity index (χ3n) is 6.71. The summed E-state index contributed by atoms with van der Waals surface area (Å²) in [4.78, 5) is 1.39. The predicted octanol–water partition coefficient (Wildman–Crippen LogP) is 7.37. The maximum Gasteiger partial charge on any atom is 0.120 e. The van der Waals surface area contributed by atoms with Gasteiger partial charge in [0.1, 0.15) is 5.75 Å². The molecule has 1 saturated heterocycles. The maximum absolute atomic E-state index is 6.39. The molecule has 2 aromatic rings. The van der Waals surface area contributed by atoms with Gasteiger partial charge in [-0.05, 0) is 80.0 Å². The number of thiophene rings is 1. The Morgan fingerprint density at radius 1 is 1.00 bits per heavy atom. The van der Waals surface area contributed by atoms with Crippen LogP contribution in [0.4, 0.5) is 0 Å². The van der Waals surface area contributed by atoms with Crippen LogP contribution in [0.1, 0.15) is 76.2 Å². The molecule has 27 heavy (non-hydrogen) atoms. The first kappa shape index (κ1) is 19.3. The summed E-state index contributed by atoms with van der Waals surface area (Å²) in [5.41, 5.74) is 0. The van der Waals surface area contributed by atoms with E-state index in [2.05, 4.69) is 31.2 Å². The minimum atomic E-state index is 0.297. The molecule has 2 aliphatic rings. The van der Waals surface area contributed by atoms with Crippen LogP contribution in [-0.2, 0) is 4.74 Å². The van der Waals surface area contributed by atoms with Gasteiger partial charge in [-0.2, -0.15) is 0 Å². The van der Waals surface area contributed by atoms with Crippen molar-refractivity contribution in [1.82, 2.24) is 0 Å². The highest BCUT2D eigenvalue weighted by Crippen LogP contribution is 2.43. The van der Waals surface area contributed by atoms with Gasteiger partial charge < -0.3 is 9.47 Å². The fraction of sp³-hybridized carbons (Fsp3) is 0.667. The molecule has 2 heterocycles. The van der Waals surface area contributed by atoms with Gasteiger partial charge in [-0.3, -0.25) is 0 Å².